The van der Waals surface area contributed by atoms with Crippen LogP contribution in [-0.4, -0.2) is 16.5 Å². The second-order valence-electron chi connectivity index (χ2n) is 2.57. The Morgan fingerprint density at radius 2 is 2.14 bits per heavy atom. The standard InChI is InChI=1S/C9H7BrN2OS/c1-13-7-5-3-2-4-6(7)8-11-9(10)12-14-8/h2-5H,1H3. The number of hydrogen-bond acceptors (Lipinski definition) is 4. The molecule has 0 fully saturated rings. The predicted molar refractivity (Wildman–Crippen MR) is 59.6 cm³/mol. The van der Waals surface area contributed by atoms with E-state index in [0.717, 1.165) is 16.3 Å². The molecule has 2 aromatic rings. The molecular weight excluding hydrogens is 264 g/mol. The summed E-state index contributed by atoms with van der Waals surface area (Å²) in [6, 6.07) is 7.75. The van der Waals surface area contributed by atoms with Gasteiger partial charge >= 0.3 is 0 Å². The molecule has 0 aliphatic carbocycles. The average Bonchev–Trinajstić information content (AvgIpc) is 2.65. The zero-order valence-electron chi connectivity index (χ0n) is 7.40. The first-order chi connectivity index (χ1) is 6.81. The van der Waals surface area contributed by atoms with Crippen molar-refractivity contribution in [3.05, 3.63) is 29.0 Å². The summed E-state index contributed by atoms with van der Waals surface area (Å²) in [4.78, 5) is 4.23. The SMILES string of the molecule is COc1ccccc1-c1nc(Br)ns1. The van der Waals surface area contributed by atoms with Gasteiger partial charge in [0.15, 0.2) is 0 Å². The smallest absolute Gasteiger partial charge is 0.209 e. The minimum Gasteiger partial charge on any atom is -0.496 e. The molecule has 0 unspecified atom stereocenters. The van der Waals surface area contributed by atoms with Gasteiger partial charge in [-0.15, -0.1) is 0 Å². The molecule has 5 heteroatoms. The van der Waals surface area contributed by atoms with E-state index in [-0.39, 0.29) is 0 Å². The summed E-state index contributed by atoms with van der Waals surface area (Å²) in [5, 5.41) is 0.856. The number of aromatic nitrogens is 2. The molecule has 0 N–H and O–H groups in total. The quantitative estimate of drug-likeness (QED) is 0.842. The second kappa shape index (κ2) is 4.06. The first-order valence-corrected chi connectivity index (χ1v) is 5.50. The molecule has 0 saturated heterocycles. The van der Waals surface area contributed by atoms with Gasteiger partial charge in [0.25, 0.3) is 0 Å². The van der Waals surface area contributed by atoms with Gasteiger partial charge in [0.05, 0.1) is 12.7 Å². The van der Waals surface area contributed by atoms with Crippen molar-refractivity contribution in [3.8, 4) is 16.3 Å². The van der Waals surface area contributed by atoms with Crippen molar-refractivity contribution in [2.24, 2.45) is 0 Å². The number of halogens is 1. The third kappa shape index (κ3) is 1.78. The van der Waals surface area contributed by atoms with Crippen LogP contribution in [0.25, 0.3) is 10.6 Å². The molecule has 0 aliphatic rings. The summed E-state index contributed by atoms with van der Waals surface area (Å²) in [6.07, 6.45) is 0. The van der Waals surface area contributed by atoms with Gasteiger partial charge in [0.2, 0.25) is 4.73 Å². The number of nitrogens with zero attached hydrogens (tertiary/aromatic N) is 2. The van der Waals surface area contributed by atoms with E-state index in [4.69, 9.17) is 4.74 Å². The Kier molecular flexibility index (Phi) is 2.79. The van der Waals surface area contributed by atoms with E-state index in [9.17, 15) is 0 Å². The van der Waals surface area contributed by atoms with Crippen LogP contribution in [0.1, 0.15) is 0 Å². The highest BCUT2D eigenvalue weighted by atomic mass is 79.9. The molecule has 1 aromatic heterocycles. The number of hydrogen-bond donors (Lipinski definition) is 0. The van der Waals surface area contributed by atoms with Crippen LogP contribution in [0.4, 0.5) is 0 Å². The summed E-state index contributed by atoms with van der Waals surface area (Å²) in [6.45, 7) is 0. The lowest BCUT2D eigenvalue weighted by Crippen LogP contribution is -1.86. The van der Waals surface area contributed by atoms with Crippen LogP contribution in [0.3, 0.4) is 0 Å². The van der Waals surface area contributed by atoms with Crippen molar-refractivity contribution >= 4 is 27.5 Å². The Balaban J connectivity index is 2.50. The molecule has 0 amide bonds. The molecular formula is C9H7BrN2OS. The first-order valence-electron chi connectivity index (χ1n) is 3.94. The van der Waals surface area contributed by atoms with Crippen molar-refractivity contribution < 1.29 is 4.74 Å². The number of methoxy groups -OCH3 is 1. The monoisotopic (exact) mass is 270 g/mol. The maximum Gasteiger partial charge on any atom is 0.209 e. The molecule has 2 rings (SSSR count). The zero-order valence-corrected chi connectivity index (χ0v) is 9.80. The molecule has 0 spiro atoms. The fourth-order valence-electron chi connectivity index (χ4n) is 1.14. The minimum atomic E-state index is 0.614. The fraction of sp³-hybridized carbons (Fsp3) is 0.111. The topological polar surface area (TPSA) is 35.0 Å². The molecule has 1 heterocycles. The van der Waals surface area contributed by atoms with Crippen molar-refractivity contribution in [1.82, 2.24) is 9.36 Å². The molecule has 72 valence electrons. The highest BCUT2D eigenvalue weighted by molar-refractivity contribution is 9.10. The Morgan fingerprint density at radius 3 is 2.79 bits per heavy atom. The maximum absolute atomic E-state index is 5.23. The predicted octanol–water partition coefficient (Wildman–Crippen LogP) is 2.98. The summed E-state index contributed by atoms with van der Waals surface area (Å²) in [7, 11) is 1.65. The van der Waals surface area contributed by atoms with Gasteiger partial charge in [-0.3, -0.25) is 0 Å². The van der Waals surface area contributed by atoms with E-state index in [1.807, 2.05) is 24.3 Å². The van der Waals surface area contributed by atoms with Gasteiger partial charge < -0.3 is 4.74 Å². The minimum absolute atomic E-state index is 0.614. The number of para-hydroxylation sites is 1. The van der Waals surface area contributed by atoms with Crippen LogP contribution in [0.2, 0.25) is 0 Å². The van der Waals surface area contributed by atoms with Gasteiger partial charge in [0.1, 0.15) is 10.8 Å². The molecule has 3 nitrogen and oxygen atoms in total. The van der Waals surface area contributed by atoms with E-state index in [0.29, 0.717) is 4.73 Å². The van der Waals surface area contributed by atoms with E-state index in [1.165, 1.54) is 11.5 Å². The highest BCUT2D eigenvalue weighted by Crippen LogP contribution is 2.31. The Bertz CT molecular complexity index is 444. The van der Waals surface area contributed by atoms with Crippen LogP contribution in [0.15, 0.2) is 29.0 Å². The lowest BCUT2D eigenvalue weighted by molar-refractivity contribution is 0.416. The largest absolute Gasteiger partial charge is 0.496 e. The van der Waals surface area contributed by atoms with Crippen LogP contribution < -0.4 is 4.74 Å². The third-order valence-electron chi connectivity index (χ3n) is 1.74. The molecule has 0 radical (unpaired) electrons. The number of ether oxygens (including phenoxy) is 1. The first kappa shape index (κ1) is 9.61. The van der Waals surface area contributed by atoms with Crippen LogP contribution in [-0.2, 0) is 0 Å². The highest BCUT2D eigenvalue weighted by Gasteiger charge is 2.09. The van der Waals surface area contributed by atoms with Crippen molar-refractivity contribution in [1.29, 1.82) is 0 Å². The normalized spacial score (nSPS) is 10.1. The van der Waals surface area contributed by atoms with E-state index in [1.54, 1.807) is 7.11 Å². The molecule has 0 aliphatic heterocycles. The van der Waals surface area contributed by atoms with Crippen molar-refractivity contribution in [2.75, 3.05) is 7.11 Å². The Labute approximate surface area is 94.1 Å². The third-order valence-corrected chi connectivity index (χ3v) is 3.08. The Morgan fingerprint density at radius 1 is 1.36 bits per heavy atom. The summed E-state index contributed by atoms with van der Waals surface area (Å²) < 4.78 is 9.91. The zero-order chi connectivity index (χ0) is 9.97. The molecule has 0 saturated carbocycles. The van der Waals surface area contributed by atoms with Crippen LogP contribution in [0, 0.1) is 0 Å². The number of benzene rings is 1. The molecule has 0 bridgehead atoms. The maximum atomic E-state index is 5.23. The van der Waals surface area contributed by atoms with Crippen molar-refractivity contribution in [3.63, 3.8) is 0 Å². The summed E-state index contributed by atoms with van der Waals surface area (Å²) in [5.74, 6) is 0.816. The van der Waals surface area contributed by atoms with Crippen molar-refractivity contribution in [2.45, 2.75) is 0 Å². The second-order valence-corrected chi connectivity index (χ2v) is 4.03. The Hall–Kier alpha value is -0.940. The van der Waals surface area contributed by atoms with Gasteiger partial charge in [-0.1, -0.05) is 12.1 Å². The van der Waals surface area contributed by atoms with Gasteiger partial charge in [-0.2, -0.15) is 4.37 Å². The lowest BCUT2D eigenvalue weighted by Gasteiger charge is -2.03. The fourth-order valence-corrected chi connectivity index (χ4v) is 2.24. The van der Waals surface area contributed by atoms with E-state index >= 15 is 0 Å². The van der Waals surface area contributed by atoms with Crippen LogP contribution in [0.5, 0.6) is 5.75 Å². The molecule has 0 atom stereocenters. The lowest BCUT2D eigenvalue weighted by atomic mass is 10.2. The van der Waals surface area contributed by atoms with E-state index < -0.39 is 0 Å². The molecule has 14 heavy (non-hydrogen) atoms. The number of rotatable bonds is 2. The van der Waals surface area contributed by atoms with Gasteiger partial charge in [-0.25, -0.2) is 4.98 Å². The summed E-state index contributed by atoms with van der Waals surface area (Å²) >= 11 is 4.57. The van der Waals surface area contributed by atoms with Gasteiger partial charge in [0, 0.05) is 0 Å². The average molecular weight is 271 g/mol. The van der Waals surface area contributed by atoms with Crippen LogP contribution >= 0.6 is 27.5 Å². The molecule has 1 aromatic carbocycles. The summed E-state index contributed by atoms with van der Waals surface area (Å²) in [5.41, 5.74) is 0.971. The van der Waals surface area contributed by atoms with Gasteiger partial charge in [-0.05, 0) is 39.6 Å². The van der Waals surface area contributed by atoms with E-state index in [2.05, 4.69) is 25.3 Å².